The van der Waals surface area contributed by atoms with E-state index in [1.54, 1.807) is 11.1 Å². The fourth-order valence-electron chi connectivity index (χ4n) is 3.10. The minimum Gasteiger partial charge on any atom is -0.444 e. The molecule has 144 valence electrons. The van der Waals surface area contributed by atoms with Gasteiger partial charge in [-0.2, -0.15) is 5.10 Å². The molecule has 2 saturated heterocycles. The number of amides is 1. The van der Waals surface area contributed by atoms with Crippen molar-refractivity contribution in [3.05, 3.63) is 12.4 Å². The standard InChI is InChI=1S/C18H30BN3O4/c1-16(2,3)24-15(23)21-9-8-14(12-21)22-11-13(10-20-22)19-25-17(4,5)18(6,7)26-19/h10-11,14H,8-9,12H2,1-7H3/t14-/m1/s1. The van der Waals surface area contributed by atoms with Crippen LogP contribution in [-0.4, -0.2) is 57.8 Å². The molecule has 0 aromatic carbocycles. The molecule has 0 aliphatic carbocycles. The predicted molar refractivity (Wildman–Crippen MR) is 99.4 cm³/mol. The van der Waals surface area contributed by atoms with Crippen LogP contribution in [0.2, 0.25) is 0 Å². The first-order valence-corrected chi connectivity index (χ1v) is 9.26. The molecule has 8 heteroatoms. The van der Waals surface area contributed by atoms with Gasteiger partial charge in [0.1, 0.15) is 5.60 Å². The number of ether oxygens (including phenoxy) is 1. The summed E-state index contributed by atoms with van der Waals surface area (Å²) in [5, 5.41) is 4.48. The molecule has 3 heterocycles. The van der Waals surface area contributed by atoms with E-state index in [0.29, 0.717) is 13.1 Å². The van der Waals surface area contributed by atoms with Crippen molar-refractivity contribution >= 4 is 18.7 Å². The van der Waals surface area contributed by atoms with Crippen LogP contribution in [0.1, 0.15) is 60.9 Å². The van der Waals surface area contributed by atoms with E-state index in [-0.39, 0.29) is 23.3 Å². The van der Waals surface area contributed by atoms with Crippen LogP contribution in [0.15, 0.2) is 12.4 Å². The minimum atomic E-state index is -0.481. The maximum Gasteiger partial charge on any atom is 0.498 e. The lowest BCUT2D eigenvalue weighted by Crippen LogP contribution is -2.41. The minimum absolute atomic E-state index is 0.138. The van der Waals surface area contributed by atoms with Gasteiger partial charge in [0.15, 0.2) is 0 Å². The first-order chi connectivity index (χ1) is 11.9. The zero-order valence-electron chi connectivity index (χ0n) is 16.9. The lowest BCUT2D eigenvalue weighted by molar-refractivity contribution is 0.00578. The molecule has 0 bridgehead atoms. The van der Waals surface area contributed by atoms with Crippen molar-refractivity contribution in [1.82, 2.24) is 14.7 Å². The summed E-state index contributed by atoms with van der Waals surface area (Å²) in [6, 6.07) is 0.138. The molecular formula is C18H30BN3O4. The van der Waals surface area contributed by atoms with Gasteiger partial charge in [0, 0.05) is 30.9 Å². The van der Waals surface area contributed by atoms with Crippen LogP contribution in [0.4, 0.5) is 4.79 Å². The second-order valence-corrected chi connectivity index (χ2v) is 9.21. The summed E-state index contributed by atoms with van der Waals surface area (Å²) in [6.45, 7) is 15.0. The van der Waals surface area contributed by atoms with Gasteiger partial charge in [-0.15, -0.1) is 0 Å². The predicted octanol–water partition coefficient (Wildman–Crippen LogP) is 2.36. The van der Waals surface area contributed by atoms with Crippen LogP contribution in [0.3, 0.4) is 0 Å². The molecule has 0 unspecified atom stereocenters. The highest BCUT2D eigenvalue weighted by atomic mass is 16.7. The van der Waals surface area contributed by atoms with E-state index >= 15 is 0 Å². The van der Waals surface area contributed by atoms with Gasteiger partial charge in [-0.1, -0.05) is 0 Å². The van der Waals surface area contributed by atoms with E-state index in [4.69, 9.17) is 14.0 Å². The Morgan fingerprint density at radius 2 is 1.88 bits per heavy atom. The highest BCUT2D eigenvalue weighted by Gasteiger charge is 2.52. The molecule has 1 aromatic heterocycles. The average Bonchev–Trinajstić information content (AvgIpc) is 3.16. The van der Waals surface area contributed by atoms with Crippen molar-refractivity contribution in [1.29, 1.82) is 0 Å². The van der Waals surface area contributed by atoms with Crippen molar-refractivity contribution in [2.24, 2.45) is 0 Å². The average molecular weight is 363 g/mol. The van der Waals surface area contributed by atoms with Gasteiger partial charge in [-0.05, 0) is 54.9 Å². The number of hydrogen-bond acceptors (Lipinski definition) is 5. The smallest absolute Gasteiger partial charge is 0.444 e. The number of aromatic nitrogens is 2. The van der Waals surface area contributed by atoms with E-state index in [0.717, 1.165) is 11.9 Å². The van der Waals surface area contributed by atoms with Crippen molar-refractivity contribution in [3.8, 4) is 0 Å². The van der Waals surface area contributed by atoms with Gasteiger partial charge >= 0.3 is 13.2 Å². The lowest BCUT2D eigenvalue weighted by atomic mass is 9.82. The molecule has 2 aliphatic rings. The Morgan fingerprint density at radius 3 is 2.46 bits per heavy atom. The highest BCUT2D eigenvalue weighted by Crippen LogP contribution is 2.36. The maximum atomic E-state index is 12.2. The summed E-state index contributed by atoms with van der Waals surface area (Å²) in [6.07, 6.45) is 4.34. The molecule has 1 aromatic rings. The summed E-state index contributed by atoms with van der Waals surface area (Å²) >= 11 is 0. The second kappa shape index (κ2) is 6.27. The molecule has 0 radical (unpaired) electrons. The van der Waals surface area contributed by atoms with Crippen LogP contribution < -0.4 is 5.46 Å². The number of likely N-dealkylation sites (tertiary alicyclic amines) is 1. The first-order valence-electron chi connectivity index (χ1n) is 9.26. The van der Waals surface area contributed by atoms with Gasteiger partial charge in [0.2, 0.25) is 0 Å². The summed E-state index contributed by atoms with van der Waals surface area (Å²) in [4.78, 5) is 14.0. The zero-order valence-corrected chi connectivity index (χ0v) is 16.9. The summed E-state index contributed by atoms with van der Waals surface area (Å²) in [7, 11) is -0.419. The van der Waals surface area contributed by atoms with Gasteiger partial charge in [-0.3, -0.25) is 4.68 Å². The van der Waals surface area contributed by atoms with Crippen molar-refractivity contribution in [2.45, 2.75) is 77.7 Å². The summed E-state index contributed by atoms with van der Waals surface area (Å²) < 4.78 is 19.5. The van der Waals surface area contributed by atoms with Crippen molar-refractivity contribution in [3.63, 3.8) is 0 Å². The van der Waals surface area contributed by atoms with Crippen LogP contribution in [-0.2, 0) is 14.0 Å². The van der Waals surface area contributed by atoms with E-state index in [1.165, 1.54) is 0 Å². The Kier molecular flexibility index (Phi) is 4.64. The molecule has 7 nitrogen and oxygen atoms in total. The molecular weight excluding hydrogens is 333 g/mol. The van der Waals surface area contributed by atoms with Crippen molar-refractivity contribution in [2.75, 3.05) is 13.1 Å². The third kappa shape index (κ3) is 3.76. The normalized spacial score (nSPS) is 25.0. The van der Waals surface area contributed by atoms with E-state index in [1.807, 2.05) is 59.3 Å². The lowest BCUT2D eigenvalue weighted by Gasteiger charge is -2.32. The molecule has 0 saturated carbocycles. The number of hydrogen-bond donors (Lipinski definition) is 0. The van der Waals surface area contributed by atoms with Crippen LogP contribution >= 0.6 is 0 Å². The Hall–Kier alpha value is -1.54. The van der Waals surface area contributed by atoms with Crippen molar-refractivity contribution < 1.29 is 18.8 Å². The third-order valence-corrected chi connectivity index (χ3v) is 5.34. The fourth-order valence-corrected chi connectivity index (χ4v) is 3.10. The van der Waals surface area contributed by atoms with Crippen LogP contribution in [0.25, 0.3) is 0 Å². The molecule has 26 heavy (non-hydrogen) atoms. The maximum absolute atomic E-state index is 12.2. The number of nitrogens with zero attached hydrogens (tertiary/aromatic N) is 3. The fraction of sp³-hybridized carbons (Fsp3) is 0.778. The van der Waals surface area contributed by atoms with Gasteiger partial charge in [0.25, 0.3) is 0 Å². The van der Waals surface area contributed by atoms with Gasteiger partial charge in [-0.25, -0.2) is 4.79 Å². The Morgan fingerprint density at radius 1 is 1.27 bits per heavy atom. The van der Waals surface area contributed by atoms with E-state index in [9.17, 15) is 4.79 Å². The number of rotatable bonds is 2. The largest absolute Gasteiger partial charge is 0.498 e. The Balaban J connectivity index is 1.64. The van der Waals surface area contributed by atoms with Gasteiger partial charge in [0.05, 0.1) is 17.2 Å². The molecule has 1 atom stereocenters. The Bertz CT molecular complexity index is 664. The molecule has 2 aliphatic heterocycles. The van der Waals surface area contributed by atoms with E-state index < -0.39 is 12.7 Å². The first kappa shape index (κ1) is 19.2. The SMILES string of the molecule is CC(C)(C)OC(=O)N1CC[C@@H](n2cc(B3OC(C)(C)C(C)(C)O3)cn2)C1. The zero-order chi connectivity index (χ0) is 19.3. The summed E-state index contributed by atoms with van der Waals surface area (Å²) in [5.41, 5.74) is -0.328. The quantitative estimate of drug-likeness (QED) is 0.755. The third-order valence-electron chi connectivity index (χ3n) is 5.34. The molecule has 1 amide bonds. The second-order valence-electron chi connectivity index (χ2n) is 9.21. The number of carbonyl (C=O) groups excluding carboxylic acids is 1. The van der Waals surface area contributed by atoms with Crippen LogP contribution in [0, 0.1) is 0 Å². The molecule has 0 spiro atoms. The molecule has 3 rings (SSSR count). The summed E-state index contributed by atoms with van der Waals surface area (Å²) in [5.74, 6) is 0. The molecule has 0 N–H and O–H groups in total. The highest BCUT2D eigenvalue weighted by molar-refractivity contribution is 6.62. The van der Waals surface area contributed by atoms with E-state index in [2.05, 4.69) is 5.10 Å². The van der Waals surface area contributed by atoms with Crippen LogP contribution in [0.5, 0.6) is 0 Å². The number of carbonyl (C=O) groups is 1. The molecule has 2 fully saturated rings. The monoisotopic (exact) mass is 363 g/mol. The van der Waals surface area contributed by atoms with Gasteiger partial charge < -0.3 is 18.9 Å². The topological polar surface area (TPSA) is 65.8 Å². The Labute approximate surface area is 156 Å².